The molecule has 0 spiro atoms. The molecule has 0 unspecified atom stereocenters. The van der Waals surface area contributed by atoms with Crippen LogP contribution in [-0.4, -0.2) is 26.9 Å². The molecule has 7 nitrogen and oxygen atoms in total. The number of carboxylic acid groups (broad SMARTS) is 1. The number of carboxylic acids is 1. The Balaban J connectivity index is 2.34. The van der Waals surface area contributed by atoms with Crippen LogP contribution < -0.4 is 4.74 Å². The molecule has 148 valence electrons. The second kappa shape index (κ2) is 8.48. The van der Waals surface area contributed by atoms with Gasteiger partial charge in [0.2, 0.25) is 5.12 Å². The van der Waals surface area contributed by atoms with Gasteiger partial charge in [-0.05, 0) is 30.3 Å². The molecule has 0 atom stereocenters. The quantitative estimate of drug-likeness (QED) is 0.501. The number of aliphatic carboxylic acids is 1. The van der Waals surface area contributed by atoms with Crippen LogP contribution in [0.2, 0.25) is 5.02 Å². The van der Waals surface area contributed by atoms with Gasteiger partial charge in [-0.25, -0.2) is 0 Å². The summed E-state index contributed by atoms with van der Waals surface area (Å²) >= 11 is 6.13. The number of benzene rings is 2. The number of thioether (sulfide) groups is 1. The van der Waals surface area contributed by atoms with Crippen molar-refractivity contribution in [1.29, 1.82) is 0 Å². The smallest absolute Gasteiger partial charge is 0.416 e. The highest BCUT2D eigenvalue weighted by atomic mass is 35.5. The molecular weight excluding hydrogens is 427 g/mol. The van der Waals surface area contributed by atoms with Crippen molar-refractivity contribution in [2.24, 2.45) is 0 Å². The van der Waals surface area contributed by atoms with Gasteiger partial charge in [-0.15, -0.1) is 0 Å². The van der Waals surface area contributed by atoms with Crippen LogP contribution >= 0.6 is 23.4 Å². The van der Waals surface area contributed by atoms with Crippen molar-refractivity contribution in [3.63, 3.8) is 0 Å². The summed E-state index contributed by atoms with van der Waals surface area (Å²) in [5.74, 6) is -2.16. The van der Waals surface area contributed by atoms with Crippen molar-refractivity contribution in [1.82, 2.24) is 0 Å². The van der Waals surface area contributed by atoms with Crippen LogP contribution in [0, 0.1) is 10.1 Å². The zero-order valence-electron chi connectivity index (χ0n) is 13.5. The summed E-state index contributed by atoms with van der Waals surface area (Å²) in [6.07, 6.45) is -4.60. The summed E-state index contributed by atoms with van der Waals surface area (Å²) in [7, 11) is 0. The second-order valence-corrected chi connectivity index (χ2v) is 6.51. The Labute approximate surface area is 164 Å². The molecule has 2 rings (SSSR count). The maximum Gasteiger partial charge on any atom is 0.416 e. The van der Waals surface area contributed by atoms with Crippen molar-refractivity contribution in [2.75, 3.05) is 5.75 Å². The van der Waals surface area contributed by atoms with Gasteiger partial charge in [0.25, 0.3) is 5.69 Å². The van der Waals surface area contributed by atoms with E-state index in [1.165, 1.54) is 0 Å². The predicted octanol–water partition coefficient (Wildman–Crippen LogP) is 5.02. The minimum atomic E-state index is -4.60. The van der Waals surface area contributed by atoms with E-state index in [4.69, 9.17) is 21.4 Å². The minimum absolute atomic E-state index is 0.105. The molecule has 2 aromatic rings. The Morgan fingerprint density at radius 3 is 2.43 bits per heavy atom. The molecule has 0 bridgehead atoms. The molecule has 28 heavy (non-hydrogen) atoms. The van der Waals surface area contributed by atoms with Gasteiger partial charge in [-0.1, -0.05) is 23.4 Å². The van der Waals surface area contributed by atoms with E-state index in [0.717, 1.165) is 30.3 Å². The third-order valence-corrected chi connectivity index (χ3v) is 4.37. The maximum atomic E-state index is 12.7. The first-order valence-corrected chi connectivity index (χ1v) is 8.57. The summed E-state index contributed by atoms with van der Waals surface area (Å²) in [6, 6.07) is 5.43. The SMILES string of the molecule is O=C(O)CSC(=O)c1cc(Oc2ccc(C(F)(F)F)cc2Cl)ccc1[N+](=O)[O-]. The van der Waals surface area contributed by atoms with Crippen molar-refractivity contribution in [3.05, 3.63) is 62.7 Å². The zero-order valence-corrected chi connectivity index (χ0v) is 15.1. The molecule has 12 heteroatoms. The zero-order chi connectivity index (χ0) is 21.1. The predicted molar refractivity (Wildman–Crippen MR) is 94.0 cm³/mol. The normalized spacial score (nSPS) is 11.1. The highest BCUT2D eigenvalue weighted by Crippen LogP contribution is 2.37. The number of hydrogen-bond donors (Lipinski definition) is 1. The lowest BCUT2D eigenvalue weighted by molar-refractivity contribution is -0.385. The van der Waals surface area contributed by atoms with E-state index in [1.807, 2.05) is 0 Å². The number of nitro benzene ring substituents is 1. The van der Waals surface area contributed by atoms with E-state index in [0.29, 0.717) is 17.8 Å². The summed E-state index contributed by atoms with van der Waals surface area (Å²) in [5, 5.41) is 18.5. The van der Waals surface area contributed by atoms with E-state index < -0.39 is 44.8 Å². The average molecular weight is 436 g/mol. The van der Waals surface area contributed by atoms with Crippen LogP contribution in [0.3, 0.4) is 0 Å². The van der Waals surface area contributed by atoms with Crippen LogP contribution in [-0.2, 0) is 11.0 Å². The standard InChI is InChI=1S/C16H9ClF3NO6S/c17-11-5-8(16(18,19)20)1-4-13(11)27-9-2-3-12(21(25)26)10(6-9)15(24)28-7-14(22)23/h1-6H,7H2,(H,22,23). The molecule has 0 saturated carbocycles. The molecule has 0 radical (unpaired) electrons. The van der Waals surface area contributed by atoms with Gasteiger partial charge in [-0.3, -0.25) is 19.7 Å². The van der Waals surface area contributed by atoms with Gasteiger partial charge in [0, 0.05) is 6.07 Å². The number of carbonyl (C=O) groups is 2. The second-order valence-electron chi connectivity index (χ2n) is 5.15. The fraction of sp³-hybridized carbons (Fsp3) is 0.125. The van der Waals surface area contributed by atoms with Crippen LogP contribution in [0.1, 0.15) is 15.9 Å². The first-order chi connectivity index (χ1) is 13.0. The number of ether oxygens (including phenoxy) is 1. The number of alkyl halides is 3. The molecule has 0 heterocycles. The molecule has 2 aromatic carbocycles. The molecule has 0 aliphatic carbocycles. The van der Waals surface area contributed by atoms with Gasteiger partial charge < -0.3 is 9.84 Å². The number of carbonyl (C=O) groups excluding carboxylic acids is 1. The van der Waals surface area contributed by atoms with E-state index in [-0.39, 0.29) is 16.5 Å². The molecule has 0 aliphatic heterocycles. The van der Waals surface area contributed by atoms with Gasteiger partial charge >= 0.3 is 12.1 Å². The number of nitrogens with zero attached hydrogens (tertiary/aromatic N) is 1. The average Bonchev–Trinajstić information content (AvgIpc) is 2.60. The third-order valence-electron chi connectivity index (χ3n) is 3.20. The molecule has 0 aromatic heterocycles. The fourth-order valence-corrected chi connectivity index (χ4v) is 2.79. The maximum absolute atomic E-state index is 12.7. The first kappa shape index (κ1) is 21.5. The largest absolute Gasteiger partial charge is 0.481 e. The van der Waals surface area contributed by atoms with Gasteiger partial charge in [0.05, 0.1) is 21.3 Å². The number of nitro groups is 1. The molecular formula is C16H9ClF3NO6S. The van der Waals surface area contributed by atoms with E-state index in [2.05, 4.69) is 0 Å². The topological polar surface area (TPSA) is 107 Å². The number of rotatable bonds is 6. The van der Waals surface area contributed by atoms with E-state index >= 15 is 0 Å². The van der Waals surface area contributed by atoms with Gasteiger partial charge in [0.15, 0.2) is 0 Å². The first-order valence-electron chi connectivity index (χ1n) is 7.21. The Bertz CT molecular complexity index is 950. The lowest BCUT2D eigenvalue weighted by Crippen LogP contribution is -2.06. The van der Waals surface area contributed by atoms with Crippen molar-refractivity contribution < 1.29 is 37.5 Å². The molecule has 0 amide bonds. The van der Waals surface area contributed by atoms with Crippen LogP contribution in [0.15, 0.2) is 36.4 Å². The lowest BCUT2D eigenvalue weighted by atomic mass is 10.2. The van der Waals surface area contributed by atoms with E-state index in [1.54, 1.807) is 0 Å². The van der Waals surface area contributed by atoms with Crippen molar-refractivity contribution >= 4 is 40.1 Å². The molecule has 0 aliphatic rings. The molecule has 0 saturated heterocycles. The summed E-state index contributed by atoms with van der Waals surface area (Å²) in [6.45, 7) is 0. The summed E-state index contributed by atoms with van der Waals surface area (Å²) in [5.41, 5.74) is -1.99. The lowest BCUT2D eigenvalue weighted by Gasteiger charge is -2.12. The minimum Gasteiger partial charge on any atom is -0.481 e. The number of hydrogen-bond acceptors (Lipinski definition) is 6. The number of halogens is 4. The molecule has 0 fully saturated rings. The van der Waals surface area contributed by atoms with Crippen LogP contribution in [0.4, 0.5) is 18.9 Å². The Morgan fingerprint density at radius 2 is 1.89 bits per heavy atom. The van der Waals surface area contributed by atoms with Gasteiger partial charge in [-0.2, -0.15) is 13.2 Å². The Hall–Kier alpha value is -2.79. The molecule has 1 N–H and O–H groups in total. The van der Waals surface area contributed by atoms with Crippen LogP contribution in [0.25, 0.3) is 0 Å². The van der Waals surface area contributed by atoms with Gasteiger partial charge in [0.1, 0.15) is 17.1 Å². The van der Waals surface area contributed by atoms with E-state index in [9.17, 15) is 32.9 Å². The highest BCUT2D eigenvalue weighted by Gasteiger charge is 2.31. The van der Waals surface area contributed by atoms with Crippen LogP contribution in [0.5, 0.6) is 11.5 Å². The fourth-order valence-electron chi connectivity index (χ4n) is 1.99. The summed E-state index contributed by atoms with van der Waals surface area (Å²) in [4.78, 5) is 32.9. The Morgan fingerprint density at radius 1 is 1.21 bits per heavy atom. The highest BCUT2D eigenvalue weighted by molar-refractivity contribution is 8.14. The Kier molecular flexibility index (Phi) is 6.52. The third kappa shape index (κ3) is 5.36. The van der Waals surface area contributed by atoms with Crippen molar-refractivity contribution in [2.45, 2.75) is 6.18 Å². The van der Waals surface area contributed by atoms with Crippen molar-refractivity contribution in [3.8, 4) is 11.5 Å². The summed E-state index contributed by atoms with van der Waals surface area (Å²) < 4.78 is 43.3. The monoisotopic (exact) mass is 435 g/mol.